The number of carbonyl (C=O) groups is 2. The van der Waals surface area contributed by atoms with E-state index in [0.717, 1.165) is 0 Å². The van der Waals surface area contributed by atoms with Gasteiger partial charge in [0.25, 0.3) is 0 Å². The number of benzene rings is 2. The van der Waals surface area contributed by atoms with Crippen LogP contribution in [0.5, 0.6) is 0 Å². The van der Waals surface area contributed by atoms with E-state index in [4.69, 9.17) is 32.7 Å². The number of ether oxygens (including phenoxy) is 2. The summed E-state index contributed by atoms with van der Waals surface area (Å²) in [6.45, 7) is 3.64. The van der Waals surface area contributed by atoms with Gasteiger partial charge in [-0.25, -0.2) is 14.6 Å². The first-order chi connectivity index (χ1) is 13.5. The number of carbonyl (C=O) groups excluding carboxylic acids is 2. The molecule has 3 aromatic rings. The van der Waals surface area contributed by atoms with Crippen molar-refractivity contribution < 1.29 is 19.1 Å². The van der Waals surface area contributed by atoms with Crippen LogP contribution in [0.3, 0.4) is 0 Å². The summed E-state index contributed by atoms with van der Waals surface area (Å²) < 4.78 is 10.3. The summed E-state index contributed by atoms with van der Waals surface area (Å²) >= 11 is 12.6. The number of halogens is 2. The van der Waals surface area contributed by atoms with E-state index >= 15 is 0 Å². The van der Waals surface area contributed by atoms with E-state index < -0.39 is 11.9 Å². The van der Waals surface area contributed by atoms with Crippen molar-refractivity contribution in [1.82, 2.24) is 4.98 Å². The van der Waals surface area contributed by atoms with Gasteiger partial charge < -0.3 is 9.47 Å². The molecule has 1 aromatic heterocycles. The van der Waals surface area contributed by atoms with E-state index in [-0.39, 0.29) is 24.5 Å². The molecule has 0 radical (unpaired) electrons. The van der Waals surface area contributed by atoms with E-state index in [2.05, 4.69) is 4.98 Å². The maximum Gasteiger partial charge on any atom is 0.357 e. The fourth-order valence-corrected chi connectivity index (χ4v) is 3.33. The molecule has 144 valence electrons. The second-order valence-electron chi connectivity index (χ2n) is 5.79. The molecule has 0 atom stereocenters. The molecular weight excluding hydrogens is 401 g/mol. The number of nitrogens with zero attached hydrogens (tertiary/aromatic N) is 1. The minimum Gasteiger partial charge on any atom is -0.462 e. The third-order valence-electron chi connectivity index (χ3n) is 4.04. The largest absolute Gasteiger partial charge is 0.462 e. The van der Waals surface area contributed by atoms with E-state index in [0.29, 0.717) is 32.1 Å². The van der Waals surface area contributed by atoms with Crippen molar-refractivity contribution in [1.29, 1.82) is 0 Å². The molecule has 0 saturated heterocycles. The Balaban J connectivity index is 2.48. The number of esters is 2. The molecule has 0 aliphatic carbocycles. The van der Waals surface area contributed by atoms with Gasteiger partial charge in [-0.2, -0.15) is 0 Å². The molecule has 0 bridgehead atoms. The molecule has 7 heteroatoms. The van der Waals surface area contributed by atoms with Crippen LogP contribution < -0.4 is 0 Å². The Morgan fingerprint density at radius 1 is 0.964 bits per heavy atom. The molecule has 0 aliphatic heterocycles. The summed E-state index contributed by atoms with van der Waals surface area (Å²) in [7, 11) is 0. The van der Waals surface area contributed by atoms with Crippen LogP contribution >= 0.6 is 23.2 Å². The average Bonchev–Trinajstić information content (AvgIpc) is 2.67. The minimum absolute atomic E-state index is 0.00293. The van der Waals surface area contributed by atoms with Crippen LogP contribution in [0.4, 0.5) is 0 Å². The third kappa shape index (κ3) is 3.81. The number of rotatable bonds is 5. The van der Waals surface area contributed by atoms with Gasteiger partial charge in [0.1, 0.15) is 5.56 Å². The molecule has 0 spiro atoms. The Morgan fingerprint density at radius 3 is 2.32 bits per heavy atom. The average molecular weight is 418 g/mol. The number of hydrogen-bond acceptors (Lipinski definition) is 5. The van der Waals surface area contributed by atoms with Crippen LogP contribution in [0.2, 0.25) is 10.0 Å². The highest BCUT2D eigenvalue weighted by molar-refractivity contribution is 6.35. The fraction of sp³-hybridized carbons (Fsp3) is 0.190. The maximum atomic E-state index is 12.9. The molecule has 2 aromatic carbocycles. The van der Waals surface area contributed by atoms with E-state index in [1.54, 1.807) is 56.3 Å². The SMILES string of the molecule is CCOC(=O)c1nc2ccc(Cl)cc2c(-c2ccccc2Cl)c1C(=O)OCC. The molecule has 0 N–H and O–H groups in total. The van der Waals surface area contributed by atoms with Crippen molar-refractivity contribution in [2.75, 3.05) is 13.2 Å². The third-order valence-corrected chi connectivity index (χ3v) is 4.60. The van der Waals surface area contributed by atoms with Crippen molar-refractivity contribution in [2.24, 2.45) is 0 Å². The summed E-state index contributed by atoms with van der Waals surface area (Å²) in [6.07, 6.45) is 0. The van der Waals surface area contributed by atoms with Crippen LogP contribution in [-0.2, 0) is 9.47 Å². The predicted molar refractivity (Wildman–Crippen MR) is 109 cm³/mol. The molecule has 1 heterocycles. The highest BCUT2D eigenvalue weighted by atomic mass is 35.5. The maximum absolute atomic E-state index is 12.9. The Morgan fingerprint density at radius 2 is 1.64 bits per heavy atom. The van der Waals surface area contributed by atoms with Gasteiger partial charge in [-0.05, 0) is 38.1 Å². The zero-order chi connectivity index (χ0) is 20.3. The first kappa shape index (κ1) is 20.1. The van der Waals surface area contributed by atoms with Gasteiger partial charge in [0.05, 0.1) is 18.7 Å². The van der Waals surface area contributed by atoms with Crippen LogP contribution in [0.25, 0.3) is 22.0 Å². The summed E-state index contributed by atoms with van der Waals surface area (Å²) in [5.74, 6) is -1.40. The molecular formula is C21H17Cl2NO4. The number of hydrogen-bond donors (Lipinski definition) is 0. The molecule has 28 heavy (non-hydrogen) atoms. The molecule has 0 saturated carbocycles. The van der Waals surface area contributed by atoms with Crippen molar-refractivity contribution in [3.63, 3.8) is 0 Å². The molecule has 3 rings (SSSR count). The molecule has 0 amide bonds. The Kier molecular flexibility index (Phi) is 6.17. The monoisotopic (exact) mass is 417 g/mol. The van der Waals surface area contributed by atoms with Crippen LogP contribution in [-0.4, -0.2) is 30.1 Å². The first-order valence-corrected chi connectivity index (χ1v) is 9.45. The molecule has 0 unspecified atom stereocenters. The summed E-state index contributed by atoms with van der Waals surface area (Å²) in [5, 5.41) is 1.45. The number of fused-ring (bicyclic) bond motifs is 1. The Labute approximate surface area is 172 Å². The second-order valence-corrected chi connectivity index (χ2v) is 6.64. The second kappa shape index (κ2) is 8.59. The standard InChI is InChI=1S/C21H17Cl2NO4/c1-3-27-20(25)18-17(13-7-5-6-8-15(13)23)14-11-12(22)9-10-16(14)24-19(18)21(26)28-4-2/h5-11H,3-4H2,1-2H3. The zero-order valence-corrected chi connectivity index (χ0v) is 16.8. The van der Waals surface area contributed by atoms with Gasteiger partial charge in [-0.1, -0.05) is 41.4 Å². The van der Waals surface area contributed by atoms with E-state index in [1.807, 2.05) is 0 Å². The van der Waals surface area contributed by atoms with Gasteiger partial charge in [0.15, 0.2) is 5.69 Å². The van der Waals surface area contributed by atoms with Gasteiger partial charge in [0, 0.05) is 26.6 Å². The van der Waals surface area contributed by atoms with Crippen molar-refractivity contribution in [3.8, 4) is 11.1 Å². The van der Waals surface area contributed by atoms with E-state index in [1.165, 1.54) is 0 Å². The molecule has 5 nitrogen and oxygen atoms in total. The van der Waals surface area contributed by atoms with Crippen molar-refractivity contribution >= 4 is 46.0 Å². The minimum atomic E-state index is -0.712. The summed E-state index contributed by atoms with van der Waals surface area (Å²) in [5.41, 5.74) is 1.36. The lowest BCUT2D eigenvalue weighted by Crippen LogP contribution is -2.18. The number of aromatic nitrogens is 1. The van der Waals surface area contributed by atoms with Crippen LogP contribution in [0, 0.1) is 0 Å². The van der Waals surface area contributed by atoms with Gasteiger partial charge >= 0.3 is 11.9 Å². The van der Waals surface area contributed by atoms with Crippen LogP contribution in [0.1, 0.15) is 34.7 Å². The lowest BCUT2D eigenvalue weighted by atomic mass is 9.94. The van der Waals surface area contributed by atoms with E-state index in [9.17, 15) is 9.59 Å². The normalized spacial score (nSPS) is 10.7. The lowest BCUT2D eigenvalue weighted by molar-refractivity contribution is 0.0474. The fourth-order valence-electron chi connectivity index (χ4n) is 2.93. The molecule has 0 fully saturated rings. The zero-order valence-electron chi connectivity index (χ0n) is 15.3. The number of pyridine rings is 1. The first-order valence-electron chi connectivity index (χ1n) is 8.70. The smallest absolute Gasteiger partial charge is 0.357 e. The van der Waals surface area contributed by atoms with Crippen molar-refractivity contribution in [3.05, 3.63) is 63.8 Å². The molecule has 0 aliphatic rings. The van der Waals surface area contributed by atoms with Gasteiger partial charge in [0.2, 0.25) is 0 Å². The highest BCUT2D eigenvalue weighted by Crippen LogP contribution is 2.38. The predicted octanol–water partition coefficient (Wildman–Crippen LogP) is 5.56. The topological polar surface area (TPSA) is 65.5 Å². The summed E-state index contributed by atoms with van der Waals surface area (Å²) in [6, 6.07) is 12.0. The summed E-state index contributed by atoms with van der Waals surface area (Å²) in [4.78, 5) is 29.8. The Hall–Kier alpha value is -2.63. The Bertz CT molecular complexity index is 1070. The lowest BCUT2D eigenvalue weighted by Gasteiger charge is -2.17. The quantitative estimate of drug-likeness (QED) is 0.508. The highest BCUT2D eigenvalue weighted by Gasteiger charge is 2.28. The van der Waals surface area contributed by atoms with Crippen molar-refractivity contribution in [2.45, 2.75) is 13.8 Å². The van der Waals surface area contributed by atoms with Gasteiger partial charge in [-0.3, -0.25) is 0 Å². The van der Waals surface area contributed by atoms with Crippen LogP contribution in [0.15, 0.2) is 42.5 Å². The van der Waals surface area contributed by atoms with Gasteiger partial charge in [-0.15, -0.1) is 0 Å².